The summed E-state index contributed by atoms with van der Waals surface area (Å²) in [6.07, 6.45) is 0. The van der Waals surface area contributed by atoms with E-state index in [0.29, 0.717) is 5.69 Å². The highest BCUT2D eigenvalue weighted by molar-refractivity contribution is 5.61. The van der Waals surface area contributed by atoms with Crippen molar-refractivity contribution in [2.75, 3.05) is 5.32 Å². The third kappa shape index (κ3) is 2.28. The van der Waals surface area contributed by atoms with Crippen LogP contribution in [-0.4, -0.2) is 16.3 Å². The standard InChI is InChI=1S/C10H15NO2/c1-6(2)11-8-4-7(3)9(12)5-10(8)13/h4-6,11-13H,1-3H3. The Hall–Kier alpha value is -1.38. The van der Waals surface area contributed by atoms with Crippen molar-refractivity contribution in [2.45, 2.75) is 26.8 Å². The molecule has 0 radical (unpaired) electrons. The molecule has 0 aromatic heterocycles. The zero-order valence-corrected chi connectivity index (χ0v) is 8.13. The first-order valence-electron chi connectivity index (χ1n) is 4.30. The molecule has 3 N–H and O–H groups in total. The lowest BCUT2D eigenvalue weighted by atomic mass is 10.1. The van der Waals surface area contributed by atoms with E-state index in [1.54, 1.807) is 13.0 Å². The number of hydrogen-bond acceptors (Lipinski definition) is 3. The lowest BCUT2D eigenvalue weighted by molar-refractivity contribution is 0.449. The fourth-order valence-corrected chi connectivity index (χ4v) is 1.11. The van der Waals surface area contributed by atoms with Gasteiger partial charge in [0.05, 0.1) is 5.69 Å². The second kappa shape index (κ2) is 3.56. The summed E-state index contributed by atoms with van der Waals surface area (Å²) in [5, 5.41) is 21.8. The lowest BCUT2D eigenvalue weighted by Gasteiger charge is -2.12. The number of hydrogen-bond donors (Lipinski definition) is 3. The number of aryl methyl sites for hydroxylation is 1. The Kier molecular flexibility index (Phi) is 2.66. The molecular formula is C10H15NO2. The molecule has 0 saturated carbocycles. The first kappa shape index (κ1) is 9.71. The molecule has 0 aliphatic carbocycles. The molecule has 13 heavy (non-hydrogen) atoms. The van der Waals surface area contributed by atoms with Gasteiger partial charge in [0.25, 0.3) is 0 Å². The van der Waals surface area contributed by atoms with E-state index in [1.807, 2.05) is 13.8 Å². The molecule has 1 aromatic rings. The molecule has 0 aliphatic rings. The highest BCUT2D eigenvalue weighted by atomic mass is 16.3. The van der Waals surface area contributed by atoms with Crippen molar-refractivity contribution in [3.8, 4) is 11.5 Å². The molecule has 0 bridgehead atoms. The molecule has 1 rings (SSSR count). The van der Waals surface area contributed by atoms with E-state index in [1.165, 1.54) is 6.07 Å². The first-order chi connectivity index (χ1) is 6.00. The van der Waals surface area contributed by atoms with Crippen LogP contribution < -0.4 is 5.32 Å². The fourth-order valence-electron chi connectivity index (χ4n) is 1.11. The van der Waals surface area contributed by atoms with Crippen molar-refractivity contribution < 1.29 is 10.2 Å². The van der Waals surface area contributed by atoms with E-state index >= 15 is 0 Å². The van der Waals surface area contributed by atoms with Crippen LogP contribution in [0.5, 0.6) is 11.5 Å². The molecule has 3 nitrogen and oxygen atoms in total. The largest absolute Gasteiger partial charge is 0.508 e. The van der Waals surface area contributed by atoms with Gasteiger partial charge in [-0.1, -0.05) is 0 Å². The van der Waals surface area contributed by atoms with Crippen LogP contribution >= 0.6 is 0 Å². The van der Waals surface area contributed by atoms with Crippen LogP contribution in [0.2, 0.25) is 0 Å². The topological polar surface area (TPSA) is 52.5 Å². The van der Waals surface area contributed by atoms with E-state index < -0.39 is 0 Å². The van der Waals surface area contributed by atoms with E-state index in [9.17, 15) is 10.2 Å². The van der Waals surface area contributed by atoms with Crippen LogP contribution in [-0.2, 0) is 0 Å². The minimum Gasteiger partial charge on any atom is -0.508 e. The number of benzene rings is 1. The predicted octanol–water partition coefficient (Wildman–Crippen LogP) is 2.23. The van der Waals surface area contributed by atoms with Crippen molar-refractivity contribution >= 4 is 5.69 Å². The average Bonchev–Trinajstić information content (AvgIpc) is 1.99. The molecule has 0 unspecified atom stereocenters. The summed E-state index contributed by atoms with van der Waals surface area (Å²) in [5.74, 6) is 0.198. The fraction of sp³-hybridized carbons (Fsp3) is 0.400. The van der Waals surface area contributed by atoms with Crippen LogP contribution in [0.4, 0.5) is 5.69 Å². The Morgan fingerprint density at radius 3 is 2.31 bits per heavy atom. The van der Waals surface area contributed by atoms with Crippen molar-refractivity contribution in [2.24, 2.45) is 0 Å². The Morgan fingerprint density at radius 2 is 1.77 bits per heavy atom. The van der Waals surface area contributed by atoms with Crippen molar-refractivity contribution in [3.63, 3.8) is 0 Å². The van der Waals surface area contributed by atoms with Gasteiger partial charge in [0.15, 0.2) is 0 Å². The molecule has 0 amide bonds. The highest BCUT2D eigenvalue weighted by Crippen LogP contribution is 2.30. The van der Waals surface area contributed by atoms with Gasteiger partial charge in [-0.15, -0.1) is 0 Å². The summed E-state index contributed by atoms with van der Waals surface area (Å²) in [4.78, 5) is 0. The van der Waals surface area contributed by atoms with Gasteiger partial charge in [0, 0.05) is 12.1 Å². The van der Waals surface area contributed by atoms with Crippen molar-refractivity contribution in [3.05, 3.63) is 17.7 Å². The normalized spacial score (nSPS) is 10.5. The minimum absolute atomic E-state index is 0.0804. The first-order valence-corrected chi connectivity index (χ1v) is 4.30. The van der Waals surface area contributed by atoms with Gasteiger partial charge in [0.2, 0.25) is 0 Å². The summed E-state index contributed by atoms with van der Waals surface area (Å²) < 4.78 is 0. The molecule has 0 saturated heterocycles. The number of rotatable bonds is 2. The Bertz CT molecular complexity index is 308. The Morgan fingerprint density at radius 1 is 1.15 bits per heavy atom. The summed E-state index contributed by atoms with van der Waals surface area (Å²) in [7, 11) is 0. The molecule has 3 heteroatoms. The molecule has 0 atom stereocenters. The van der Waals surface area contributed by atoms with Gasteiger partial charge < -0.3 is 15.5 Å². The maximum atomic E-state index is 9.44. The van der Waals surface area contributed by atoms with E-state index in [0.717, 1.165) is 5.56 Å². The third-order valence-corrected chi connectivity index (χ3v) is 1.76. The second-order valence-corrected chi connectivity index (χ2v) is 3.45. The second-order valence-electron chi connectivity index (χ2n) is 3.45. The van der Waals surface area contributed by atoms with E-state index in [2.05, 4.69) is 5.32 Å². The summed E-state index contributed by atoms with van der Waals surface area (Å²) in [6.45, 7) is 5.77. The molecule has 0 aliphatic heterocycles. The quantitative estimate of drug-likeness (QED) is 0.484. The van der Waals surface area contributed by atoms with Gasteiger partial charge in [-0.2, -0.15) is 0 Å². The van der Waals surface area contributed by atoms with E-state index in [-0.39, 0.29) is 17.5 Å². The number of phenolic OH excluding ortho intramolecular Hbond substituents is 2. The zero-order chi connectivity index (χ0) is 10.0. The smallest absolute Gasteiger partial charge is 0.142 e. The van der Waals surface area contributed by atoms with Gasteiger partial charge in [-0.25, -0.2) is 0 Å². The van der Waals surface area contributed by atoms with Crippen LogP contribution in [0.25, 0.3) is 0 Å². The molecule has 0 fully saturated rings. The number of nitrogens with one attached hydrogen (secondary N) is 1. The SMILES string of the molecule is Cc1cc(NC(C)C)c(O)cc1O. The predicted molar refractivity (Wildman–Crippen MR) is 53.3 cm³/mol. The lowest BCUT2D eigenvalue weighted by Crippen LogP contribution is -2.09. The number of anilines is 1. The van der Waals surface area contributed by atoms with Crippen molar-refractivity contribution in [1.82, 2.24) is 0 Å². The maximum Gasteiger partial charge on any atom is 0.142 e. The van der Waals surface area contributed by atoms with Crippen LogP contribution in [0, 0.1) is 6.92 Å². The average molecular weight is 181 g/mol. The Balaban J connectivity index is 3.01. The molecule has 1 aromatic carbocycles. The summed E-state index contributed by atoms with van der Waals surface area (Å²) >= 11 is 0. The molecule has 0 spiro atoms. The van der Waals surface area contributed by atoms with Crippen molar-refractivity contribution in [1.29, 1.82) is 0 Å². The summed E-state index contributed by atoms with van der Waals surface area (Å²) in [6, 6.07) is 3.33. The van der Waals surface area contributed by atoms with Gasteiger partial charge in [0.1, 0.15) is 11.5 Å². The number of aromatic hydroxyl groups is 2. The van der Waals surface area contributed by atoms with Gasteiger partial charge in [-0.3, -0.25) is 0 Å². The van der Waals surface area contributed by atoms with Gasteiger partial charge in [-0.05, 0) is 32.4 Å². The zero-order valence-electron chi connectivity index (χ0n) is 8.13. The number of phenols is 2. The third-order valence-electron chi connectivity index (χ3n) is 1.76. The van der Waals surface area contributed by atoms with Gasteiger partial charge >= 0.3 is 0 Å². The minimum atomic E-state index is 0.0804. The summed E-state index contributed by atoms with van der Waals surface area (Å²) in [5.41, 5.74) is 1.41. The van der Waals surface area contributed by atoms with Crippen LogP contribution in [0.15, 0.2) is 12.1 Å². The van der Waals surface area contributed by atoms with Crippen LogP contribution in [0.3, 0.4) is 0 Å². The molecule has 0 heterocycles. The molecule has 72 valence electrons. The monoisotopic (exact) mass is 181 g/mol. The molecular weight excluding hydrogens is 166 g/mol. The Labute approximate surface area is 78.0 Å². The highest BCUT2D eigenvalue weighted by Gasteiger charge is 2.05. The van der Waals surface area contributed by atoms with Crippen LogP contribution in [0.1, 0.15) is 19.4 Å². The van der Waals surface area contributed by atoms with E-state index in [4.69, 9.17) is 0 Å². The maximum absolute atomic E-state index is 9.44.